The largest absolute Gasteiger partial charge is 0.421 e. The van der Waals surface area contributed by atoms with Crippen LogP contribution in [0.4, 0.5) is 8.78 Å². The second-order valence-corrected chi connectivity index (χ2v) is 1.09. The highest BCUT2D eigenvalue weighted by Gasteiger charge is 2.07. The molecule has 4 nitrogen and oxygen atoms in total. The lowest BCUT2D eigenvalue weighted by atomic mass is 11.2. The molecule has 0 spiro atoms. The van der Waals surface area contributed by atoms with Crippen LogP contribution < -0.4 is 4.74 Å². The standard InChI is InChI=1S/C3H2F2N2O2/c4-2(5)8-3-6-1-7-9-3/h1-2H. The molecule has 0 saturated carbocycles. The van der Waals surface area contributed by atoms with E-state index >= 15 is 0 Å². The fourth-order valence-electron chi connectivity index (χ4n) is 0.291. The minimum absolute atomic E-state index is 0.523. The summed E-state index contributed by atoms with van der Waals surface area (Å²) in [7, 11) is 0. The summed E-state index contributed by atoms with van der Waals surface area (Å²) in [5.41, 5.74) is 0. The number of hydrogen-bond donors (Lipinski definition) is 0. The number of halogens is 2. The maximum absolute atomic E-state index is 11.2. The van der Waals surface area contributed by atoms with Crippen LogP contribution in [0.1, 0.15) is 0 Å². The van der Waals surface area contributed by atoms with Crippen LogP contribution >= 0.6 is 0 Å². The molecule has 1 heterocycles. The van der Waals surface area contributed by atoms with Gasteiger partial charge in [-0.15, -0.1) is 0 Å². The molecule has 50 valence electrons. The number of ether oxygens (including phenoxy) is 1. The Balaban J connectivity index is 2.48. The monoisotopic (exact) mass is 136 g/mol. The Kier molecular flexibility index (Phi) is 1.57. The molecule has 0 aliphatic heterocycles. The summed E-state index contributed by atoms with van der Waals surface area (Å²) >= 11 is 0. The number of nitrogens with zero attached hydrogens (tertiary/aromatic N) is 2. The Morgan fingerprint density at radius 3 is 2.89 bits per heavy atom. The Morgan fingerprint density at radius 2 is 2.44 bits per heavy atom. The van der Waals surface area contributed by atoms with Gasteiger partial charge in [0.25, 0.3) is 0 Å². The third kappa shape index (κ3) is 1.63. The summed E-state index contributed by atoms with van der Waals surface area (Å²) in [5, 5.41) is 3.03. The van der Waals surface area contributed by atoms with Crippen LogP contribution in [0.3, 0.4) is 0 Å². The van der Waals surface area contributed by atoms with Gasteiger partial charge in [0.05, 0.1) is 0 Å². The summed E-state index contributed by atoms with van der Waals surface area (Å²) in [5.74, 6) is 0. The second kappa shape index (κ2) is 2.38. The van der Waals surface area contributed by atoms with Gasteiger partial charge in [-0.25, -0.2) is 0 Å². The van der Waals surface area contributed by atoms with Gasteiger partial charge in [-0.2, -0.15) is 13.8 Å². The van der Waals surface area contributed by atoms with Gasteiger partial charge < -0.3 is 4.74 Å². The van der Waals surface area contributed by atoms with Crippen molar-refractivity contribution < 1.29 is 18.0 Å². The van der Waals surface area contributed by atoms with Crippen molar-refractivity contribution >= 4 is 0 Å². The maximum Gasteiger partial charge on any atom is 0.421 e. The first-order valence-electron chi connectivity index (χ1n) is 2.00. The number of alkyl halides is 2. The van der Waals surface area contributed by atoms with E-state index in [9.17, 15) is 8.78 Å². The third-order valence-corrected chi connectivity index (χ3v) is 0.531. The van der Waals surface area contributed by atoms with Gasteiger partial charge in [-0.05, 0) is 0 Å². The maximum atomic E-state index is 11.2. The molecule has 0 bridgehead atoms. The van der Waals surface area contributed by atoms with Crippen molar-refractivity contribution in [2.24, 2.45) is 0 Å². The summed E-state index contributed by atoms with van der Waals surface area (Å²) < 4.78 is 30.3. The average Bonchev–Trinajstić information content (AvgIpc) is 2.15. The molecule has 1 aromatic heterocycles. The van der Waals surface area contributed by atoms with Crippen LogP contribution in [0.25, 0.3) is 0 Å². The van der Waals surface area contributed by atoms with E-state index in [0.29, 0.717) is 0 Å². The van der Waals surface area contributed by atoms with Crippen molar-refractivity contribution in [2.75, 3.05) is 0 Å². The zero-order valence-electron chi connectivity index (χ0n) is 4.12. The summed E-state index contributed by atoms with van der Waals surface area (Å²) in [6.07, 6.45) is 0.447. The van der Waals surface area contributed by atoms with Gasteiger partial charge in [0, 0.05) is 0 Å². The quantitative estimate of drug-likeness (QED) is 0.599. The van der Waals surface area contributed by atoms with Crippen molar-refractivity contribution in [3.8, 4) is 6.08 Å². The van der Waals surface area contributed by atoms with E-state index in [4.69, 9.17) is 0 Å². The molecule has 9 heavy (non-hydrogen) atoms. The Bertz CT molecular complexity index is 164. The zero-order valence-corrected chi connectivity index (χ0v) is 4.12. The minimum Gasteiger partial charge on any atom is -0.386 e. The van der Waals surface area contributed by atoms with Gasteiger partial charge >= 0.3 is 12.7 Å². The summed E-state index contributed by atoms with van der Waals surface area (Å²) in [6, 6.07) is 0. The average molecular weight is 136 g/mol. The first-order valence-corrected chi connectivity index (χ1v) is 2.00. The molecule has 1 aromatic rings. The fraction of sp³-hybridized carbons (Fsp3) is 0.333. The molecule has 0 amide bonds. The number of rotatable bonds is 2. The van der Waals surface area contributed by atoms with Crippen molar-refractivity contribution in [1.29, 1.82) is 0 Å². The topological polar surface area (TPSA) is 48.2 Å². The second-order valence-electron chi connectivity index (χ2n) is 1.09. The van der Waals surface area contributed by atoms with Crippen LogP contribution in [0.2, 0.25) is 0 Å². The molecule has 0 saturated heterocycles. The molecule has 1 rings (SSSR count). The highest BCUT2D eigenvalue weighted by Crippen LogP contribution is 2.05. The van der Waals surface area contributed by atoms with Crippen molar-refractivity contribution in [2.45, 2.75) is 6.61 Å². The first-order chi connectivity index (χ1) is 4.29. The van der Waals surface area contributed by atoms with Crippen LogP contribution in [-0.2, 0) is 0 Å². The molecule has 0 fully saturated rings. The van der Waals surface area contributed by atoms with Gasteiger partial charge in [0.1, 0.15) is 0 Å². The summed E-state index contributed by atoms with van der Waals surface area (Å²) in [6.45, 7) is -2.91. The summed E-state index contributed by atoms with van der Waals surface area (Å²) in [4.78, 5) is 3.18. The van der Waals surface area contributed by atoms with Gasteiger partial charge in [0.2, 0.25) is 0 Å². The van der Waals surface area contributed by atoms with Crippen LogP contribution in [0, 0.1) is 0 Å². The van der Waals surface area contributed by atoms with Gasteiger partial charge in [0.15, 0.2) is 6.33 Å². The Morgan fingerprint density at radius 1 is 1.67 bits per heavy atom. The van der Waals surface area contributed by atoms with Crippen LogP contribution in [0.5, 0.6) is 6.08 Å². The van der Waals surface area contributed by atoms with Crippen LogP contribution in [0.15, 0.2) is 10.9 Å². The molecule has 0 unspecified atom stereocenters. The van der Waals surface area contributed by atoms with Crippen LogP contribution in [-0.4, -0.2) is 16.8 Å². The number of aromatic nitrogens is 2. The predicted molar refractivity (Wildman–Crippen MR) is 20.9 cm³/mol. The highest BCUT2D eigenvalue weighted by atomic mass is 19.3. The molecule has 0 aliphatic carbocycles. The van der Waals surface area contributed by atoms with E-state index in [1.807, 2.05) is 0 Å². The molecular formula is C3H2F2N2O2. The predicted octanol–water partition coefficient (Wildman–Crippen LogP) is 0.671. The van der Waals surface area contributed by atoms with Crippen molar-refractivity contribution in [3.05, 3.63) is 6.33 Å². The normalized spacial score (nSPS) is 10.1. The van der Waals surface area contributed by atoms with Crippen molar-refractivity contribution in [3.63, 3.8) is 0 Å². The SMILES string of the molecule is FC(F)Oc1ncno1. The third-order valence-electron chi connectivity index (χ3n) is 0.531. The van der Waals surface area contributed by atoms with Crippen molar-refractivity contribution in [1.82, 2.24) is 10.1 Å². The lowest BCUT2D eigenvalue weighted by Gasteiger charge is -1.93. The Hall–Kier alpha value is -1.20. The molecule has 0 radical (unpaired) electrons. The van der Waals surface area contributed by atoms with E-state index in [1.165, 1.54) is 0 Å². The Labute approximate surface area is 48.4 Å². The van der Waals surface area contributed by atoms with E-state index in [1.54, 1.807) is 0 Å². The lowest BCUT2D eigenvalue weighted by molar-refractivity contribution is -0.0700. The molecule has 0 atom stereocenters. The highest BCUT2D eigenvalue weighted by molar-refractivity contribution is 4.77. The molecule has 0 aromatic carbocycles. The molecular weight excluding hydrogens is 134 g/mol. The lowest BCUT2D eigenvalue weighted by Crippen LogP contribution is -2.01. The fourth-order valence-corrected chi connectivity index (χ4v) is 0.291. The van der Waals surface area contributed by atoms with Gasteiger partial charge in [-0.3, -0.25) is 4.52 Å². The first kappa shape index (κ1) is 5.93. The smallest absolute Gasteiger partial charge is 0.386 e. The molecule has 0 N–H and O–H groups in total. The van der Waals surface area contributed by atoms with E-state index in [-0.39, 0.29) is 0 Å². The number of hydrogen-bond acceptors (Lipinski definition) is 4. The molecule has 6 heteroatoms. The van der Waals surface area contributed by atoms with E-state index in [0.717, 1.165) is 6.33 Å². The van der Waals surface area contributed by atoms with E-state index < -0.39 is 12.7 Å². The zero-order chi connectivity index (χ0) is 6.69. The molecule has 0 aliphatic rings. The minimum atomic E-state index is -2.91. The van der Waals surface area contributed by atoms with E-state index in [2.05, 4.69) is 19.4 Å². The van der Waals surface area contributed by atoms with Gasteiger partial charge in [-0.1, -0.05) is 5.16 Å².